The van der Waals surface area contributed by atoms with Gasteiger partial charge in [0, 0.05) is 6.07 Å². The zero-order valence-electron chi connectivity index (χ0n) is 10.5. The van der Waals surface area contributed by atoms with E-state index in [0.29, 0.717) is 6.07 Å². The molecule has 4 nitrogen and oxygen atoms in total. The molecule has 0 atom stereocenters. The summed E-state index contributed by atoms with van der Waals surface area (Å²) in [6.07, 6.45) is 0. The first-order chi connectivity index (χ1) is 9.85. The molecule has 0 heterocycles. The number of benzene rings is 2. The maximum absolute atomic E-state index is 13.6. The predicted octanol–water partition coefficient (Wildman–Crippen LogP) is 3.02. The second-order valence-electron chi connectivity index (χ2n) is 4.12. The molecule has 0 aliphatic carbocycles. The van der Waals surface area contributed by atoms with Gasteiger partial charge in [0.1, 0.15) is 11.6 Å². The van der Waals surface area contributed by atoms with Gasteiger partial charge in [0.15, 0.2) is 0 Å². The fraction of sp³-hybridized carbons (Fsp3) is 0.0769. The molecule has 0 saturated heterocycles. The van der Waals surface area contributed by atoms with Gasteiger partial charge < -0.3 is 5.11 Å². The molecule has 0 aromatic heterocycles. The summed E-state index contributed by atoms with van der Waals surface area (Å²) >= 11 is 2.86. The minimum atomic E-state index is -4.10. The van der Waals surface area contributed by atoms with Crippen LogP contribution in [0.15, 0.2) is 45.8 Å². The number of anilines is 1. The number of hydrogen-bond donors (Lipinski definition) is 2. The third-order valence-electron chi connectivity index (χ3n) is 2.69. The van der Waals surface area contributed by atoms with Crippen molar-refractivity contribution in [3.05, 3.63) is 58.1 Å². The van der Waals surface area contributed by atoms with Crippen molar-refractivity contribution in [2.75, 3.05) is 4.72 Å². The fourth-order valence-corrected chi connectivity index (χ4v) is 3.33. The minimum Gasteiger partial charge on any atom is -0.392 e. The SMILES string of the molecule is O=S(=O)(Nc1cc(Br)c(F)cc1F)c1ccccc1CO. The highest BCUT2D eigenvalue weighted by Crippen LogP contribution is 2.26. The molecule has 8 heteroatoms. The topological polar surface area (TPSA) is 66.4 Å². The lowest BCUT2D eigenvalue weighted by Crippen LogP contribution is -2.16. The number of nitrogens with one attached hydrogen (secondary N) is 1. The van der Waals surface area contributed by atoms with Crippen LogP contribution in [0.25, 0.3) is 0 Å². The Morgan fingerprint density at radius 1 is 1.14 bits per heavy atom. The van der Waals surface area contributed by atoms with E-state index in [2.05, 4.69) is 15.9 Å². The Morgan fingerprint density at radius 2 is 1.81 bits per heavy atom. The van der Waals surface area contributed by atoms with Crippen LogP contribution in [0.2, 0.25) is 0 Å². The van der Waals surface area contributed by atoms with Gasteiger partial charge in [-0.05, 0) is 33.6 Å². The number of sulfonamides is 1. The van der Waals surface area contributed by atoms with Crippen LogP contribution < -0.4 is 4.72 Å². The third kappa shape index (κ3) is 3.39. The van der Waals surface area contributed by atoms with Crippen LogP contribution in [0.3, 0.4) is 0 Å². The molecular weight excluding hydrogens is 368 g/mol. The second kappa shape index (κ2) is 6.08. The van der Waals surface area contributed by atoms with Crippen molar-refractivity contribution >= 4 is 31.6 Å². The van der Waals surface area contributed by atoms with Crippen LogP contribution in [0.4, 0.5) is 14.5 Å². The van der Waals surface area contributed by atoms with E-state index in [0.717, 1.165) is 6.07 Å². The highest BCUT2D eigenvalue weighted by atomic mass is 79.9. The molecule has 0 spiro atoms. The maximum atomic E-state index is 13.6. The van der Waals surface area contributed by atoms with Gasteiger partial charge >= 0.3 is 0 Å². The molecule has 2 aromatic carbocycles. The summed E-state index contributed by atoms with van der Waals surface area (Å²) < 4.78 is 53.2. The monoisotopic (exact) mass is 377 g/mol. The van der Waals surface area contributed by atoms with Crippen molar-refractivity contribution in [1.29, 1.82) is 0 Å². The fourth-order valence-electron chi connectivity index (χ4n) is 1.70. The third-order valence-corrected chi connectivity index (χ3v) is 4.76. The molecule has 2 aromatic rings. The van der Waals surface area contributed by atoms with Crippen LogP contribution in [-0.4, -0.2) is 13.5 Å². The Labute approximate surface area is 128 Å². The molecule has 0 amide bonds. The van der Waals surface area contributed by atoms with Crippen molar-refractivity contribution < 1.29 is 22.3 Å². The maximum Gasteiger partial charge on any atom is 0.262 e. The normalized spacial score (nSPS) is 11.4. The molecule has 21 heavy (non-hydrogen) atoms. The highest BCUT2D eigenvalue weighted by Gasteiger charge is 2.20. The molecular formula is C13H10BrF2NO3S. The van der Waals surface area contributed by atoms with Crippen LogP contribution in [0.5, 0.6) is 0 Å². The zero-order valence-corrected chi connectivity index (χ0v) is 12.9. The van der Waals surface area contributed by atoms with Gasteiger partial charge in [-0.25, -0.2) is 17.2 Å². The van der Waals surface area contributed by atoms with E-state index in [1.807, 2.05) is 4.72 Å². The van der Waals surface area contributed by atoms with Gasteiger partial charge in [0.05, 0.1) is 21.7 Å². The lowest BCUT2D eigenvalue weighted by molar-refractivity contribution is 0.278. The van der Waals surface area contributed by atoms with E-state index in [1.54, 1.807) is 6.07 Å². The Kier molecular flexibility index (Phi) is 4.60. The molecule has 0 bridgehead atoms. The van der Waals surface area contributed by atoms with E-state index in [1.165, 1.54) is 18.2 Å². The molecule has 0 unspecified atom stereocenters. The van der Waals surface area contributed by atoms with Gasteiger partial charge in [-0.1, -0.05) is 18.2 Å². The molecule has 2 N–H and O–H groups in total. The Bertz CT molecular complexity index is 781. The summed E-state index contributed by atoms with van der Waals surface area (Å²) in [6.45, 7) is -0.479. The average Bonchev–Trinajstić information content (AvgIpc) is 2.44. The first-order valence-electron chi connectivity index (χ1n) is 5.71. The quantitative estimate of drug-likeness (QED) is 0.804. The first-order valence-corrected chi connectivity index (χ1v) is 7.99. The van der Waals surface area contributed by atoms with Crippen molar-refractivity contribution in [3.63, 3.8) is 0 Å². The summed E-state index contributed by atoms with van der Waals surface area (Å²) in [5.74, 6) is -1.88. The van der Waals surface area contributed by atoms with Crippen LogP contribution >= 0.6 is 15.9 Å². The Balaban J connectivity index is 2.45. The Morgan fingerprint density at radius 3 is 2.48 bits per heavy atom. The molecule has 0 aliphatic rings. The van der Waals surface area contributed by atoms with Crippen LogP contribution in [0.1, 0.15) is 5.56 Å². The van der Waals surface area contributed by atoms with Crippen LogP contribution in [0, 0.1) is 11.6 Å². The smallest absolute Gasteiger partial charge is 0.262 e. The predicted molar refractivity (Wildman–Crippen MR) is 77.2 cm³/mol. The van der Waals surface area contributed by atoms with E-state index < -0.39 is 34.0 Å². The van der Waals surface area contributed by atoms with Gasteiger partial charge in [0.2, 0.25) is 0 Å². The standard InChI is InChI=1S/C13H10BrF2NO3S/c14-9-5-12(11(16)6-10(9)15)17-21(19,20)13-4-2-1-3-8(13)7-18/h1-6,17-18H,7H2. The molecule has 0 radical (unpaired) electrons. The number of rotatable bonds is 4. The molecule has 2 rings (SSSR count). The summed E-state index contributed by atoms with van der Waals surface area (Å²) in [5.41, 5.74) is -0.220. The van der Waals surface area contributed by atoms with Crippen molar-refractivity contribution in [1.82, 2.24) is 0 Å². The molecule has 0 fully saturated rings. The summed E-state index contributed by atoms with van der Waals surface area (Å²) in [5, 5.41) is 9.16. The van der Waals surface area contributed by atoms with Gasteiger partial charge in [-0.15, -0.1) is 0 Å². The number of aliphatic hydroxyl groups excluding tert-OH is 1. The van der Waals surface area contributed by atoms with Gasteiger partial charge in [-0.2, -0.15) is 0 Å². The Hall–Kier alpha value is -1.51. The lowest BCUT2D eigenvalue weighted by atomic mass is 10.2. The van der Waals surface area contributed by atoms with E-state index in [4.69, 9.17) is 5.11 Å². The average molecular weight is 378 g/mol. The zero-order chi connectivity index (χ0) is 15.6. The number of aliphatic hydroxyl groups is 1. The van der Waals surface area contributed by atoms with E-state index >= 15 is 0 Å². The summed E-state index contributed by atoms with van der Waals surface area (Å²) in [7, 11) is -4.10. The number of halogens is 3. The highest BCUT2D eigenvalue weighted by molar-refractivity contribution is 9.10. The second-order valence-corrected chi connectivity index (χ2v) is 6.62. The number of hydrogen-bond acceptors (Lipinski definition) is 3. The minimum absolute atomic E-state index is 0.0722. The lowest BCUT2D eigenvalue weighted by Gasteiger charge is -2.12. The van der Waals surface area contributed by atoms with Gasteiger partial charge in [0.25, 0.3) is 10.0 Å². The van der Waals surface area contributed by atoms with Gasteiger partial charge in [-0.3, -0.25) is 4.72 Å². The molecule has 0 saturated carbocycles. The molecule has 0 aliphatic heterocycles. The summed E-state index contributed by atoms with van der Waals surface area (Å²) in [6, 6.07) is 7.32. The van der Waals surface area contributed by atoms with Crippen molar-refractivity contribution in [3.8, 4) is 0 Å². The van der Waals surface area contributed by atoms with Crippen molar-refractivity contribution in [2.24, 2.45) is 0 Å². The largest absolute Gasteiger partial charge is 0.392 e. The van der Waals surface area contributed by atoms with Crippen LogP contribution in [-0.2, 0) is 16.6 Å². The summed E-state index contributed by atoms with van der Waals surface area (Å²) in [4.78, 5) is -0.174. The molecule has 112 valence electrons. The first kappa shape index (κ1) is 15.9. The van der Waals surface area contributed by atoms with E-state index in [-0.39, 0.29) is 14.9 Å². The van der Waals surface area contributed by atoms with Crippen molar-refractivity contribution in [2.45, 2.75) is 11.5 Å². The van der Waals surface area contributed by atoms with E-state index in [9.17, 15) is 17.2 Å².